The monoisotopic (exact) mass is 860 g/mol. The topological polar surface area (TPSA) is 60.9 Å². The van der Waals surface area contributed by atoms with E-state index in [4.69, 9.17) is 0 Å². The van der Waals surface area contributed by atoms with Gasteiger partial charge in [0.25, 0.3) is 0 Å². The maximum Gasteiger partial charge on any atom is 0.222 e. The Hall–Kier alpha value is -1.59. The molecule has 0 unspecified atom stereocenters. The number of rotatable bonds is 42. The van der Waals surface area contributed by atoms with E-state index in [2.05, 4.69) is 39.5 Å². The molecule has 3 amide bonds. The van der Waals surface area contributed by atoms with Gasteiger partial charge in [0.2, 0.25) is 17.7 Å². The molecular weight excluding hydrogens is 751 g/mol. The van der Waals surface area contributed by atoms with Crippen molar-refractivity contribution in [2.75, 3.05) is 40.3 Å². The molecule has 0 saturated heterocycles. The normalized spacial score (nSPS) is 12.5. The fraction of sp³-hybridized carbons (Fsp3) is 0.945. The largest absolute Gasteiger partial charge is 0.346 e. The molecule has 0 aromatic rings. The van der Waals surface area contributed by atoms with Gasteiger partial charge in [-0.15, -0.1) is 0 Å². The second-order valence-electron chi connectivity index (χ2n) is 19.6. The molecule has 1 rings (SSSR count). The van der Waals surface area contributed by atoms with Gasteiger partial charge in [-0.2, -0.15) is 0 Å². The van der Waals surface area contributed by atoms with E-state index in [0.29, 0.717) is 37.0 Å². The lowest BCUT2D eigenvalue weighted by Gasteiger charge is -2.23. The molecule has 6 nitrogen and oxygen atoms in total. The summed E-state index contributed by atoms with van der Waals surface area (Å²) in [7, 11) is 3.99. The zero-order valence-electron chi connectivity index (χ0n) is 42.6. The molecule has 1 saturated carbocycles. The van der Waals surface area contributed by atoms with Gasteiger partial charge in [-0.3, -0.25) is 14.4 Å². The predicted octanol–water partition coefficient (Wildman–Crippen LogP) is 16.3. The summed E-state index contributed by atoms with van der Waals surface area (Å²) in [6.45, 7) is 14.7. The van der Waals surface area contributed by atoms with Gasteiger partial charge in [0.15, 0.2) is 0 Å². The van der Waals surface area contributed by atoms with Gasteiger partial charge in [-0.1, -0.05) is 208 Å². The van der Waals surface area contributed by atoms with Gasteiger partial charge in [-0.05, 0) is 69.6 Å². The summed E-state index contributed by atoms with van der Waals surface area (Å²) in [6.07, 6.45) is 47.4. The van der Waals surface area contributed by atoms with Crippen molar-refractivity contribution in [3.63, 3.8) is 0 Å². The summed E-state index contributed by atoms with van der Waals surface area (Å²) in [4.78, 5) is 44.5. The van der Waals surface area contributed by atoms with Crippen LogP contribution in [0.5, 0.6) is 0 Å². The number of carbonyl (C=O) groups excluding carboxylic acids is 3. The molecule has 6 heteroatoms. The molecule has 0 N–H and O–H groups in total. The highest BCUT2D eigenvalue weighted by Gasteiger charge is 2.15. The second kappa shape index (κ2) is 45.0. The predicted molar refractivity (Wildman–Crippen MR) is 267 cm³/mol. The van der Waals surface area contributed by atoms with Gasteiger partial charge in [0.1, 0.15) is 0 Å². The zero-order valence-corrected chi connectivity index (χ0v) is 42.6. The highest BCUT2D eigenvalue weighted by atomic mass is 16.2. The summed E-state index contributed by atoms with van der Waals surface area (Å²) in [5.74, 6) is 2.58. The van der Waals surface area contributed by atoms with Crippen LogP contribution in [-0.2, 0) is 14.4 Å². The molecule has 0 aliphatic heterocycles. The first-order valence-corrected chi connectivity index (χ1v) is 27.5. The lowest BCUT2D eigenvalue weighted by molar-refractivity contribution is -0.132. The van der Waals surface area contributed by atoms with E-state index in [1.165, 1.54) is 148 Å². The van der Waals surface area contributed by atoms with Crippen molar-refractivity contribution in [1.29, 1.82) is 0 Å². The summed E-state index contributed by atoms with van der Waals surface area (Å²) in [5, 5.41) is 0. The Morgan fingerprint density at radius 2 is 0.639 bits per heavy atom. The van der Waals surface area contributed by atoms with Crippen LogP contribution in [0.2, 0.25) is 0 Å². The van der Waals surface area contributed by atoms with Crippen molar-refractivity contribution in [3.05, 3.63) is 0 Å². The SMILES string of the molecule is C1CCCC1.CCCCCC(CCCCC)CCCN(C)C(=O)CCCCCCCN(CCCCCCCC(=O)N(C)CCCC(CCCCC)CCCCC)C(=O)CCC. The van der Waals surface area contributed by atoms with E-state index in [0.717, 1.165) is 121 Å². The third kappa shape index (κ3) is 37.5. The molecular formula is C55H109N3O3. The maximum atomic E-state index is 12.9. The van der Waals surface area contributed by atoms with Crippen LogP contribution in [0, 0.1) is 11.8 Å². The van der Waals surface area contributed by atoms with Gasteiger partial charge in [-0.25, -0.2) is 0 Å². The molecule has 0 aromatic heterocycles. The molecule has 1 aliphatic carbocycles. The Morgan fingerprint density at radius 1 is 0.328 bits per heavy atom. The average molecular weight is 860 g/mol. The Balaban J connectivity index is 0.00000665. The summed E-state index contributed by atoms with van der Waals surface area (Å²) in [5.41, 5.74) is 0. The Morgan fingerprint density at radius 3 is 0.967 bits per heavy atom. The van der Waals surface area contributed by atoms with Crippen LogP contribution in [0.3, 0.4) is 0 Å². The second-order valence-corrected chi connectivity index (χ2v) is 19.6. The van der Waals surface area contributed by atoms with Crippen LogP contribution < -0.4 is 0 Å². The van der Waals surface area contributed by atoms with Crippen molar-refractivity contribution in [3.8, 4) is 0 Å². The van der Waals surface area contributed by atoms with Crippen molar-refractivity contribution in [2.24, 2.45) is 11.8 Å². The Labute approximate surface area is 382 Å². The van der Waals surface area contributed by atoms with Gasteiger partial charge in [0, 0.05) is 59.5 Å². The van der Waals surface area contributed by atoms with Crippen molar-refractivity contribution in [2.45, 2.75) is 285 Å². The van der Waals surface area contributed by atoms with E-state index < -0.39 is 0 Å². The standard InChI is InChI=1S/C50H99N3O3.C5H10/c1-8-13-23-34-46(35-24-14-9-2)38-31-42-51(6)48(54)40-27-19-17-21-29-44-53(50(56)33-12-5)45-30-22-18-20-28-41-49(55)52(7)43-32-39-47(36-25-15-10-3)37-26-16-11-4;1-2-4-5-3-1/h46-47H,8-45H2,1-7H3;1-5H2. The average Bonchev–Trinajstić information content (AvgIpc) is 3.85. The minimum Gasteiger partial charge on any atom is -0.346 e. The van der Waals surface area contributed by atoms with Gasteiger partial charge < -0.3 is 14.7 Å². The smallest absolute Gasteiger partial charge is 0.222 e. The third-order valence-electron chi connectivity index (χ3n) is 13.6. The lowest BCUT2D eigenvalue weighted by atomic mass is 9.91. The molecule has 1 aliphatic rings. The first kappa shape index (κ1) is 59.4. The molecule has 0 heterocycles. The van der Waals surface area contributed by atoms with E-state index in [-0.39, 0.29) is 0 Å². The first-order valence-electron chi connectivity index (χ1n) is 27.5. The molecule has 0 bridgehead atoms. The summed E-state index contributed by atoms with van der Waals surface area (Å²) < 4.78 is 0. The molecule has 0 atom stereocenters. The fourth-order valence-corrected chi connectivity index (χ4v) is 9.30. The van der Waals surface area contributed by atoms with Gasteiger partial charge in [0.05, 0.1) is 0 Å². The summed E-state index contributed by atoms with van der Waals surface area (Å²) >= 11 is 0. The number of hydrogen-bond acceptors (Lipinski definition) is 3. The lowest BCUT2D eigenvalue weighted by Crippen LogP contribution is -2.32. The van der Waals surface area contributed by atoms with Crippen LogP contribution in [0.1, 0.15) is 285 Å². The maximum absolute atomic E-state index is 12.9. The minimum atomic E-state index is 0.302. The van der Waals surface area contributed by atoms with Crippen molar-refractivity contribution < 1.29 is 14.4 Å². The fourth-order valence-electron chi connectivity index (χ4n) is 9.30. The van der Waals surface area contributed by atoms with Crippen LogP contribution in [0.4, 0.5) is 0 Å². The summed E-state index contributed by atoms with van der Waals surface area (Å²) in [6, 6.07) is 0. The van der Waals surface area contributed by atoms with E-state index >= 15 is 0 Å². The Bertz CT molecular complexity index is 878. The van der Waals surface area contributed by atoms with E-state index in [1.807, 2.05) is 23.9 Å². The third-order valence-corrected chi connectivity index (χ3v) is 13.6. The molecule has 0 radical (unpaired) electrons. The van der Waals surface area contributed by atoms with Crippen LogP contribution in [0.15, 0.2) is 0 Å². The quantitative estimate of drug-likeness (QED) is 0.0575. The van der Waals surface area contributed by atoms with Gasteiger partial charge >= 0.3 is 0 Å². The number of hydrogen-bond donors (Lipinski definition) is 0. The highest BCUT2D eigenvalue weighted by molar-refractivity contribution is 5.76. The number of carbonyl (C=O) groups is 3. The molecule has 362 valence electrons. The van der Waals surface area contributed by atoms with Crippen molar-refractivity contribution >= 4 is 17.7 Å². The highest BCUT2D eigenvalue weighted by Crippen LogP contribution is 2.24. The van der Waals surface area contributed by atoms with E-state index in [9.17, 15) is 14.4 Å². The van der Waals surface area contributed by atoms with Crippen LogP contribution in [0.25, 0.3) is 0 Å². The number of nitrogens with zero attached hydrogens (tertiary/aromatic N) is 3. The first-order chi connectivity index (χ1) is 29.7. The van der Waals surface area contributed by atoms with Crippen molar-refractivity contribution in [1.82, 2.24) is 14.7 Å². The van der Waals surface area contributed by atoms with Crippen LogP contribution in [-0.4, -0.2) is 72.7 Å². The Kier molecular flexibility index (Phi) is 43.8. The molecule has 61 heavy (non-hydrogen) atoms. The molecule has 0 aromatic carbocycles. The zero-order chi connectivity index (χ0) is 45.0. The molecule has 0 spiro atoms. The van der Waals surface area contributed by atoms with Crippen LogP contribution >= 0.6 is 0 Å². The number of unbranched alkanes of at least 4 members (excludes halogenated alkanes) is 16. The minimum absolute atomic E-state index is 0.302. The molecule has 1 fully saturated rings. The van der Waals surface area contributed by atoms with E-state index in [1.54, 1.807) is 0 Å². The number of amides is 3.